The summed E-state index contributed by atoms with van der Waals surface area (Å²) in [7, 11) is 1.47. The molecule has 104 valence electrons. The lowest BCUT2D eigenvalue weighted by Gasteiger charge is -2.27. The van der Waals surface area contributed by atoms with Crippen molar-refractivity contribution in [3.8, 4) is 0 Å². The summed E-state index contributed by atoms with van der Waals surface area (Å²) in [5.74, 6) is 0.646. The summed E-state index contributed by atoms with van der Waals surface area (Å²) in [5.41, 5.74) is 2.18. The van der Waals surface area contributed by atoms with Crippen molar-refractivity contribution in [1.29, 1.82) is 0 Å². The number of hydrogen-bond donors (Lipinski definition) is 0. The minimum Gasteiger partial charge on any atom is -0.469 e. The molecule has 0 amide bonds. The topological polar surface area (TPSA) is 39.2 Å². The molecular weight excluding hydrogens is 262 g/mol. The summed E-state index contributed by atoms with van der Waals surface area (Å²) in [5, 5.41) is 0.751. The molecule has 1 saturated carbocycles. The average Bonchev–Trinajstić information content (AvgIpc) is 2.43. The van der Waals surface area contributed by atoms with E-state index in [9.17, 15) is 4.79 Å². The van der Waals surface area contributed by atoms with Crippen molar-refractivity contribution in [3.05, 3.63) is 28.5 Å². The molecule has 1 fully saturated rings. The maximum atomic E-state index is 11.5. The molecule has 0 aliphatic heterocycles. The van der Waals surface area contributed by atoms with Crippen LogP contribution in [0, 0.1) is 18.8 Å². The van der Waals surface area contributed by atoms with Crippen molar-refractivity contribution in [3.63, 3.8) is 0 Å². The molecule has 1 aliphatic rings. The van der Waals surface area contributed by atoms with E-state index in [1.165, 1.54) is 12.7 Å². The third kappa shape index (κ3) is 3.69. The van der Waals surface area contributed by atoms with E-state index in [2.05, 4.69) is 11.1 Å². The van der Waals surface area contributed by atoms with Gasteiger partial charge in [-0.3, -0.25) is 9.78 Å². The lowest BCUT2D eigenvalue weighted by atomic mass is 9.79. The molecule has 1 aliphatic carbocycles. The van der Waals surface area contributed by atoms with Crippen LogP contribution in [0.1, 0.15) is 36.9 Å². The van der Waals surface area contributed by atoms with Crippen LogP contribution >= 0.6 is 11.6 Å². The van der Waals surface area contributed by atoms with E-state index in [1.807, 2.05) is 6.92 Å². The summed E-state index contributed by atoms with van der Waals surface area (Å²) < 4.78 is 4.81. The van der Waals surface area contributed by atoms with Gasteiger partial charge in [-0.05, 0) is 56.6 Å². The van der Waals surface area contributed by atoms with Gasteiger partial charge in [0.05, 0.1) is 18.1 Å². The Bertz CT molecular complexity index is 453. The van der Waals surface area contributed by atoms with E-state index in [1.54, 1.807) is 6.20 Å². The number of ether oxygens (including phenoxy) is 1. The molecule has 1 aromatic heterocycles. The predicted octanol–water partition coefficient (Wildman–Crippen LogP) is 3.57. The second kappa shape index (κ2) is 6.38. The number of aryl methyl sites for hydroxylation is 1. The summed E-state index contributed by atoms with van der Waals surface area (Å²) in [6.07, 6.45) is 6.70. The quantitative estimate of drug-likeness (QED) is 0.795. The molecule has 0 spiro atoms. The van der Waals surface area contributed by atoms with Gasteiger partial charge in [-0.15, -0.1) is 0 Å². The van der Waals surface area contributed by atoms with Crippen molar-refractivity contribution in [2.75, 3.05) is 7.11 Å². The first-order valence-corrected chi connectivity index (χ1v) is 7.16. The Kier molecular flexibility index (Phi) is 4.81. The van der Waals surface area contributed by atoms with Crippen LogP contribution in [0.3, 0.4) is 0 Å². The SMILES string of the molecule is COC(=O)C1CCC(Cc2cc(C)ncc2Cl)CC1. The van der Waals surface area contributed by atoms with Crippen LogP contribution in [0.5, 0.6) is 0 Å². The first-order chi connectivity index (χ1) is 9.10. The van der Waals surface area contributed by atoms with Gasteiger partial charge >= 0.3 is 5.97 Å². The van der Waals surface area contributed by atoms with Crippen LogP contribution in [0.15, 0.2) is 12.3 Å². The number of carbonyl (C=O) groups is 1. The molecule has 0 bridgehead atoms. The molecule has 4 heteroatoms. The van der Waals surface area contributed by atoms with Crippen LogP contribution in [-0.4, -0.2) is 18.1 Å². The molecular formula is C15H20ClNO2. The van der Waals surface area contributed by atoms with Crippen molar-refractivity contribution < 1.29 is 9.53 Å². The molecule has 3 nitrogen and oxygen atoms in total. The highest BCUT2D eigenvalue weighted by molar-refractivity contribution is 6.31. The molecule has 0 N–H and O–H groups in total. The standard InChI is InChI=1S/C15H20ClNO2/c1-10-7-13(14(16)9-17-10)8-11-3-5-12(6-4-11)15(18)19-2/h7,9,11-12H,3-6,8H2,1-2H3. The van der Waals surface area contributed by atoms with E-state index >= 15 is 0 Å². The highest BCUT2D eigenvalue weighted by Crippen LogP contribution is 2.33. The molecule has 1 heterocycles. The van der Waals surface area contributed by atoms with E-state index in [-0.39, 0.29) is 11.9 Å². The number of aromatic nitrogens is 1. The Balaban J connectivity index is 1.92. The normalized spacial score (nSPS) is 23.1. The molecule has 0 saturated heterocycles. The third-order valence-electron chi connectivity index (χ3n) is 3.96. The maximum Gasteiger partial charge on any atom is 0.308 e. The van der Waals surface area contributed by atoms with Crippen LogP contribution in [0.2, 0.25) is 5.02 Å². The lowest BCUT2D eigenvalue weighted by molar-refractivity contribution is -0.146. The number of esters is 1. The summed E-state index contributed by atoms with van der Waals surface area (Å²) >= 11 is 6.18. The van der Waals surface area contributed by atoms with Crippen molar-refractivity contribution >= 4 is 17.6 Å². The largest absolute Gasteiger partial charge is 0.469 e. The van der Waals surface area contributed by atoms with Crippen LogP contribution in [0.4, 0.5) is 0 Å². The molecule has 2 rings (SSSR count). The van der Waals surface area contributed by atoms with Gasteiger partial charge in [0.25, 0.3) is 0 Å². The van der Waals surface area contributed by atoms with Crippen molar-refractivity contribution in [2.45, 2.75) is 39.0 Å². The van der Waals surface area contributed by atoms with Gasteiger partial charge in [-0.1, -0.05) is 11.6 Å². The summed E-state index contributed by atoms with van der Waals surface area (Å²) in [4.78, 5) is 15.7. The lowest BCUT2D eigenvalue weighted by Crippen LogP contribution is -2.23. The van der Waals surface area contributed by atoms with Gasteiger partial charge in [0.1, 0.15) is 0 Å². The fourth-order valence-electron chi connectivity index (χ4n) is 2.84. The predicted molar refractivity (Wildman–Crippen MR) is 75.2 cm³/mol. The Morgan fingerprint density at radius 1 is 1.42 bits per heavy atom. The van der Waals surface area contributed by atoms with Crippen LogP contribution < -0.4 is 0 Å². The molecule has 0 unspecified atom stereocenters. The van der Waals surface area contributed by atoms with E-state index < -0.39 is 0 Å². The monoisotopic (exact) mass is 281 g/mol. The third-order valence-corrected chi connectivity index (χ3v) is 4.30. The highest BCUT2D eigenvalue weighted by atomic mass is 35.5. The number of hydrogen-bond acceptors (Lipinski definition) is 3. The van der Waals surface area contributed by atoms with E-state index in [4.69, 9.17) is 16.3 Å². The zero-order chi connectivity index (χ0) is 13.8. The molecule has 0 atom stereocenters. The van der Waals surface area contributed by atoms with Gasteiger partial charge in [0.2, 0.25) is 0 Å². The van der Waals surface area contributed by atoms with Gasteiger partial charge in [0, 0.05) is 11.9 Å². The van der Waals surface area contributed by atoms with Crippen molar-refractivity contribution in [2.24, 2.45) is 11.8 Å². The Morgan fingerprint density at radius 3 is 2.74 bits per heavy atom. The number of pyridine rings is 1. The fourth-order valence-corrected chi connectivity index (χ4v) is 3.02. The number of methoxy groups -OCH3 is 1. The molecule has 1 aromatic rings. The Morgan fingerprint density at radius 2 is 2.11 bits per heavy atom. The smallest absolute Gasteiger partial charge is 0.308 e. The molecule has 0 aromatic carbocycles. The zero-order valence-corrected chi connectivity index (χ0v) is 12.2. The van der Waals surface area contributed by atoms with Gasteiger partial charge in [0.15, 0.2) is 0 Å². The Hall–Kier alpha value is -1.09. The number of rotatable bonds is 3. The van der Waals surface area contributed by atoms with Gasteiger partial charge in [-0.25, -0.2) is 0 Å². The number of carbonyl (C=O) groups excluding carboxylic acids is 1. The van der Waals surface area contributed by atoms with E-state index in [0.717, 1.165) is 42.8 Å². The minimum absolute atomic E-state index is 0.0590. The fraction of sp³-hybridized carbons (Fsp3) is 0.600. The minimum atomic E-state index is -0.0590. The van der Waals surface area contributed by atoms with Gasteiger partial charge in [-0.2, -0.15) is 0 Å². The molecule has 0 radical (unpaired) electrons. The number of halogens is 1. The number of nitrogens with zero attached hydrogens (tertiary/aromatic N) is 1. The first kappa shape index (κ1) is 14.3. The average molecular weight is 282 g/mol. The first-order valence-electron chi connectivity index (χ1n) is 6.79. The summed E-state index contributed by atoms with van der Waals surface area (Å²) in [6.45, 7) is 1.98. The van der Waals surface area contributed by atoms with Crippen LogP contribution in [0.25, 0.3) is 0 Å². The van der Waals surface area contributed by atoms with Gasteiger partial charge < -0.3 is 4.74 Å². The van der Waals surface area contributed by atoms with Crippen molar-refractivity contribution in [1.82, 2.24) is 4.98 Å². The maximum absolute atomic E-state index is 11.5. The zero-order valence-electron chi connectivity index (χ0n) is 11.5. The highest BCUT2D eigenvalue weighted by Gasteiger charge is 2.27. The summed E-state index contributed by atoms with van der Waals surface area (Å²) in [6, 6.07) is 2.06. The second-order valence-electron chi connectivity index (χ2n) is 5.36. The van der Waals surface area contributed by atoms with E-state index in [0.29, 0.717) is 5.92 Å². The molecule has 19 heavy (non-hydrogen) atoms. The Labute approximate surface area is 119 Å². The van der Waals surface area contributed by atoms with Crippen LogP contribution in [-0.2, 0) is 16.0 Å². The second-order valence-corrected chi connectivity index (χ2v) is 5.77.